The summed E-state index contributed by atoms with van der Waals surface area (Å²) in [7, 11) is -4.12. The fourth-order valence-electron chi connectivity index (χ4n) is 2.85. The van der Waals surface area contributed by atoms with Crippen molar-refractivity contribution in [3.05, 3.63) is 28.5 Å². The van der Waals surface area contributed by atoms with Crippen LogP contribution in [0.3, 0.4) is 0 Å². The van der Waals surface area contributed by atoms with E-state index in [9.17, 15) is 13.0 Å². The lowest BCUT2D eigenvalue weighted by Crippen LogP contribution is -1.97. The number of hydrogen-bond acceptors (Lipinski definition) is 3. The molecule has 0 unspecified atom stereocenters. The fourth-order valence-corrected chi connectivity index (χ4v) is 4.40. The smallest absolute Gasteiger partial charge is 0.282 e. The Morgan fingerprint density at radius 3 is 2.30 bits per heavy atom. The normalized spacial score (nSPS) is 12.1. The Kier molecular flexibility index (Phi) is 7.06. The molecule has 0 fully saturated rings. The summed E-state index contributed by atoms with van der Waals surface area (Å²) in [5.74, 6) is 0. The molecule has 0 aliphatic carbocycles. The minimum absolute atomic E-state index is 0.0134. The third kappa shape index (κ3) is 5.59. The van der Waals surface area contributed by atoms with E-state index in [2.05, 4.69) is 12.3 Å². The lowest BCUT2D eigenvalue weighted by molar-refractivity contribution is 0.483. The minimum Gasteiger partial charge on any atom is -0.282 e. The number of unbranched alkanes of at least 4 members (excludes halogenated alkanes) is 7. The Bertz CT molecular complexity index is 717. The molecule has 5 heteroatoms. The van der Waals surface area contributed by atoms with Gasteiger partial charge in [-0.25, -0.2) is 0 Å². The molecule has 1 heterocycles. The lowest BCUT2D eigenvalue weighted by Gasteiger charge is -2.03. The molecule has 0 saturated heterocycles. The number of hydrogen-bond donors (Lipinski definition) is 1. The Balaban J connectivity index is 1.86. The van der Waals surface area contributed by atoms with Gasteiger partial charge in [-0.15, -0.1) is 11.3 Å². The monoisotopic (exact) mass is 354 g/mol. The maximum atomic E-state index is 11.3. The minimum atomic E-state index is -4.12. The molecule has 0 spiro atoms. The topological polar surface area (TPSA) is 54.4 Å². The van der Waals surface area contributed by atoms with Crippen molar-refractivity contribution in [2.24, 2.45) is 0 Å². The summed E-state index contributed by atoms with van der Waals surface area (Å²) in [6.07, 6.45) is 11.3. The summed E-state index contributed by atoms with van der Waals surface area (Å²) >= 11 is 1.68. The van der Waals surface area contributed by atoms with Gasteiger partial charge >= 0.3 is 0 Å². The van der Waals surface area contributed by atoms with Crippen molar-refractivity contribution in [1.82, 2.24) is 0 Å². The lowest BCUT2D eigenvalue weighted by atomic mass is 10.1. The molecule has 1 N–H and O–H groups in total. The first-order valence-corrected chi connectivity index (χ1v) is 10.8. The molecular weight excluding hydrogens is 328 g/mol. The standard InChI is InChI=1S/C18H26O3S2/c1-2-3-4-5-6-7-8-9-10-18-17-13-16(23(19,20)21)12-11-15(17)14-22-18/h11-14H,2-10H2,1H3,(H,19,20,21). The van der Waals surface area contributed by atoms with Crippen molar-refractivity contribution in [2.75, 3.05) is 0 Å². The van der Waals surface area contributed by atoms with E-state index in [-0.39, 0.29) is 4.90 Å². The van der Waals surface area contributed by atoms with Gasteiger partial charge in [-0.1, -0.05) is 57.9 Å². The second-order valence-corrected chi connectivity index (χ2v) is 8.49. The number of fused-ring (bicyclic) bond motifs is 1. The van der Waals surface area contributed by atoms with Crippen LogP contribution in [-0.2, 0) is 16.5 Å². The van der Waals surface area contributed by atoms with Gasteiger partial charge in [0.15, 0.2) is 0 Å². The van der Waals surface area contributed by atoms with Crippen molar-refractivity contribution < 1.29 is 13.0 Å². The van der Waals surface area contributed by atoms with Crippen LogP contribution in [0, 0.1) is 0 Å². The molecule has 0 aliphatic rings. The third-order valence-electron chi connectivity index (χ3n) is 4.21. The zero-order valence-electron chi connectivity index (χ0n) is 13.8. The van der Waals surface area contributed by atoms with Crippen molar-refractivity contribution in [2.45, 2.75) is 69.6 Å². The van der Waals surface area contributed by atoms with Crippen LogP contribution in [-0.4, -0.2) is 13.0 Å². The van der Waals surface area contributed by atoms with Crippen LogP contribution in [0.15, 0.2) is 28.5 Å². The Labute approximate surface area is 143 Å². The van der Waals surface area contributed by atoms with Crippen molar-refractivity contribution in [1.29, 1.82) is 0 Å². The quantitative estimate of drug-likeness (QED) is 0.431. The first-order chi connectivity index (χ1) is 11.0. The van der Waals surface area contributed by atoms with E-state index in [1.165, 1.54) is 55.9 Å². The molecule has 0 amide bonds. The highest BCUT2D eigenvalue weighted by atomic mass is 32.2. The molecule has 2 rings (SSSR count). The second kappa shape index (κ2) is 8.81. The summed E-state index contributed by atoms with van der Waals surface area (Å²) in [5.41, 5.74) is 0. The second-order valence-electron chi connectivity index (χ2n) is 6.11. The molecule has 0 aliphatic heterocycles. The van der Waals surface area contributed by atoms with Gasteiger partial charge in [0.05, 0.1) is 4.90 Å². The van der Waals surface area contributed by atoms with Crippen LogP contribution in [0.2, 0.25) is 0 Å². The molecule has 3 nitrogen and oxygen atoms in total. The van der Waals surface area contributed by atoms with Crippen LogP contribution in [0.1, 0.15) is 63.2 Å². The van der Waals surface area contributed by atoms with Crippen LogP contribution in [0.25, 0.3) is 10.8 Å². The molecule has 0 atom stereocenters. The van der Waals surface area contributed by atoms with Crippen LogP contribution in [0.5, 0.6) is 0 Å². The van der Waals surface area contributed by atoms with E-state index in [0.717, 1.165) is 23.6 Å². The molecular formula is C18H26O3S2. The number of aryl methyl sites for hydroxylation is 1. The maximum Gasteiger partial charge on any atom is 0.294 e. The highest BCUT2D eigenvalue weighted by molar-refractivity contribution is 7.85. The summed E-state index contributed by atoms with van der Waals surface area (Å²) in [6, 6.07) is 4.83. The van der Waals surface area contributed by atoms with E-state index in [1.807, 2.05) is 0 Å². The van der Waals surface area contributed by atoms with Gasteiger partial charge in [0.1, 0.15) is 0 Å². The predicted molar refractivity (Wildman–Crippen MR) is 98.0 cm³/mol. The average molecular weight is 355 g/mol. The van der Waals surface area contributed by atoms with Crippen molar-refractivity contribution in [3.63, 3.8) is 0 Å². The van der Waals surface area contributed by atoms with Crippen molar-refractivity contribution in [3.8, 4) is 0 Å². The summed E-state index contributed by atoms with van der Waals surface area (Å²) in [6.45, 7) is 2.23. The Morgan fingerprint density at radius 1 is 1.00 bits per heavy atom. The van der Waals surface area contributed by atoms with Crippen LogP contribution in [0.4, 0.5) is 0 Å². The SMILES string of the molecule is CCCCCCCCCCc1scc2ccc(S(=O)(=O)O)cc12. The van der Waals surface area contributed by atoms with E-state index >= 15 is 0 Å². The van der Waals surface area contributed by atoms with Crippen LogP contribution >= 0.6 is 11.3 Å². The Hall–Kier alpha value is -0.910. The first-order valence-electron chi connectivity index (χ1n) is 8.50. The third-order valence-corrected chi connectivity index (χ3v) is 6.14. The van der Waals surface area contributed by atoms with Gasteiger partial charge in [0.25, 0.3) is 10.1 Å². The first kappa shape index (κ1) is 18.4. The summed E-state index contributed by atoms with van der Waals surface area (Å²) in [4.78, 5) is 1.21. The van der Waals surface area contributed by atoms with Gasteiger partial charge < -0.3 is 0 Å². The predicted octanol–water partition coefficient (Wildman–Crippen LogP) is 5.83. The van der Waals surface area contributed by atoms with E-state index in [0.29, 0.717) is 0 Å². The molecule has 128 valence electrons. The zero-order chi connectivity index (χ0) is 16.7. The van der Waals surface area contributed by atoms with Gasteiger partial charge in [0, 0.05) is 4.88 Å². The maximum absolute atomic E-state index is 11.3. The van der Waals surface area contributed by atoms with Gasteiger partial charge in [-0.05, 0) is 41.1 Å². The van der Waals surface area contributed by atoms with Gasteiger partial charge in [-0.3, -0.25) is 4.55 Å². The highest BCUT2D eigenvalue weighted by Gasteiger charge is 2.12. The number of rotatable bonds is 10. The van der Waals surface area contributed by atoms with E-state index in [4.69, 9.17) is 0 Å². The summed E-state index contributed by atoms with van der Waals surface area (Å²) < 4.78 is 31.7. The zero-order valence-corrected chi connectivity index (χ0v) is 15.4. The van der Waals surface area contributed by atoms with E-state index < -0.39 is 10.1 Å². The molecule has 0 saturated carbocycles. The number of thiophene rings is 1. The summed E-state index contributed by atoms with van der Waals surface area (Å²) in [5, 5.41) is 4.08. The van der Waals surface area contributed by atoms with Crippen molar-refractivity contribution >= 4 is 32.2 Å². The highest BCUT2D eigenvalue weighted by Crippen LogP contribution is 2.29. The van der Waals surface area contributed by atoms with Crippen LogP contribution < -0.4 is 0 Å². The Morgan fingerprint density at radius 2 is 1.65 bits per heavy atom. The molecule has 1 aromatic heterocycles. The molecule has 23 heavy (non-hydrogen) atoms. The molecule has 2 aromatic rings. The molecule has 0 radical (unpaired) electrons. The average Bonchev–Trinajstić information content (AvgIpc) is 2.91. The molecule has 0 bridgehead atoms. The van der Waals surface area contributed by atoms with Gasteiger partial charge in [0.2, 0.25) is 0 Å². The molecule has 1 aromatic carbocycles. The largest absolute Gasteiger partial charge is 0.294 e. The number of benzene rings is 1. The van der Waals surface area contributed by atoms with Gasteiger partial charge in [-0.2, -0.15) is 8.42 Å². The fraction of sp³-hybridized carbons (Fsp3) is 0.556. The van der Waals surface area contributed by atoms with E-state index in [1.54, 1.807) is 23.5 Å².